The van der Waals surface area contributed by atoms with Crippen LogP contribution in [-0.2, 0) is 12.7 Å². The monoisotopic (exact) mass is 330 g/mol. The Morgan fingerprint density at radius 3 is 2.68 bits per heavy atom. The van der Waals surface area contributed by atoms with Crippen molar-refractivity contribution in [3.05, 3.63) is 28.7 Å². The van der Waals surface area contributed by atoms with Gasteiger partial charge in [0.1, 0.15) is 5.82 Å². The molecule has 0 fully saturated rings. The number of thiophene rings is 1. The van der Waals surface area contributed by atoms with Crippen molar-refractivity contribution < 1.29 is 17.7 Å². The third-order valence-electron chi connectivity index (χ3n) is 2.66. The molecule has 0 bridgehead atoms. The van der Waals surface area contributed by atoms with E-state index in [0.29, 0.717) is 17.2 Å². The number of aryl methyl sites for hydroxylation is 1. The second-order valence-electron chi connectivity index (χ2n) is 4.36. The summed E-state index contributed by atoms with van der Waals surface area (Å²) in [5.41, 5.74) is 5.69. The van der Waals surface area contributed by atoms with E-state index in [1.54, 1.807) is 19.1 Å². The molecular formula is C11H9F3N6OS. The van der Waals surface area contributed by atoms with Crippen LogP contribution in [0.4, 0.5) is 19.1 Å². The lowest BCUT2D eigenvalue weighted by atomic mass is 10.4. The van der Waals surface area contributed by atoms with Crippen molar-refractivity contribution in [3.8, 4) is 10.7 Å². The van der Waals surface area contributed by atoms with E-state index in [9.17, 15) is 13.2 Å². The van der Waals surface area contributed by atoms with Gasteiger partial charge in [0.15, 0.2) is 0 Å². The summed E-state index contributed by atoms with van der Waals surface area (Å²) in [6.45, 7) is 2.08. The third kappa shape index (κ3) is 2.79. The standard InChI is InChI=1S/C11H9F3N6OS/c1-5-16-10(15)20(18-5)4-6-2-3-7(22-6)8-17-9(21-19-8)11(12,13)14/h2-3H,4H2,1H3,(H2,15,16,18). The smallest absolute Gasteiger partial charge is 0.368 e. The van der Waals surface area contributed by atoms with Gasteiger partial charge in [0.25, 0.3) is 0 Å². The molecule has 3 aromatic heterocycles. The molecule has 3 aromatic rings. The molecule has 0 saturated heterocycles. The predicted octanol–water partition coefficient (Wildman–Crippen LogP) is 2.35. The van der Waals surface area contributed by atoms with Crippen molar-refractivity contribution in [2.45, 2.75) is 19.6 Å². The molecule has 0 saturated carbocycles. The van der Waals surface area contributed by atoms with Crippen molar-refractivity contribution in [2.75, 3.05) is 5.73 Å². The average Bonchev–Trinajstić information content (AvgIpc) is 3.10. The predicted molar refractivity (Wildman–Crippen MR) is 70.9 cm³/mol. The molecule has 3 rings (SSSR count). The highest BCUT2D eigenvalue weighted by molar-refractivity contribution is 7.15. The van der Waals surface area contributed by atoms with E-state index in [1.807, 2.05) is 0 Å². The van der Waals surface area contributed by atoms with E-state index < -0.39 is 12.1 Å². The summed E-state index contributed by atoms with van der Waals surface area (Å²) in [5, 5.41) is 7.45. The summed E-state index contributed by atoms with van der Waals surface area (Å²) in [6, 6.07) is 3.35. The fourth-order valence-electron chi connectivity index (χ4n) is 1.76. The molecule has 0 amide bonds. The number of hydrogen-bond donors (Lipinski definition) is 1. The normalized spacial score (nSPS) is 12.0. The van der Waals surface area contributed by atoms with Crippen LogP contribution in [0.3, 0.4) is 0 Å². The lowest BCUT2D eigenvalue weighted by molar-refractivity contribution is -0.159. The first-order valence-corrected chi connectivity index (χ1v) is 6.81. The molecule has 0 aromatic carbocycles. The van der Waals surface area contributed by atoms with Crippen molar-refractivity contribution in [3.63, 3.8) is 0 Å². The molecule has 3 heterocycles. The van der Waals surface area contributed by atoms with Crippen molar-refractivity contribution in [1.29, 1.82) is 0 Å². The minimum absolute atomic E-state index is 0.105. The quantitative estimate of drug-likeness (QED) is 0.792. The second-order valence-corrected chi connectivity index (χ2v) is 5.53. The van der Waals surface area contributed by atoms with Gasteiger partial charge in [0.2, 0.25) is 11.8 Å². The largest absolute Gasteiger partial charge is 0.471 e. The summed E-state index contributed by atoms with van der Waals surface area (Å²) in [6.07, 6.45) is -4.65. The first kappa shape index (κ1) is 14.5. The molecule has 0 unspecified atom stereocenters. The number of nitrogens with zero attached hydrogens (tertiary/aromatic N) is 5. The minimum Gasteiger partial charge on any atom is -0.368 e. The van der Waals surface area contributed by atoms with Gasteiger partial charge in [-0.3, -0.25) is 0 Å². The maximum Gasteiger partial charge on any atom is 0.471 e. The van der Waals surface area contributed by atoms with Gasteiger partial charge in [-0.1, -0.05) is 5.16 Å². The van der Waals surface area contributed by atoms with E-state index in [2.05, 4.69) is 24.7 Å². The highest BCUT2D eigenvalue weighted by Crippen LogP contribution is 2.31. The van der Waals surface area contributed by atoms with Crippen LogP contribution < -0.4 is 5.73 Å². The van der Waals surface area contributed by atoms with Gasteiger partial charge in [0, 0.05) is 4.88 Å². The zero-order valence-electron chi connectivity index (χ0n) is 11.1. The summed E-state index contributed by atoms with van der Waals surface area (Å²) in [4.78, 5) is 8.60. The average molecular weight is 330 g/mol. The molecule has 0 radical (unpaired) electrons. The summed E-state index contributed by atoms with van der Waals surface area (Å²) in [7, 11) is 0. The first-order chi connectivity index (χ1) is 10.3. The fraction of sp³-hybridized carbons (Fsp3) is 0.273. The molecule has 2 N–H and O–H groups in total. The molecule has 0 atom stereocenters. The molecule has 22 heavy (non-hydrogen) atoms. The van der Waals surface area contributed by atoms with Gasteiger partial charge >= 0.3 is 12.1 Å². The Kier molecular flexibility index (Phi) is 3.35. The van der Waals surface area contributed by atoms with Crippen molar-refractivity contribution in [1.82, 2.24) is 24.9 Å². The second kappa shape index (κ2) is 5.09. The van der Waals surface area contributed by atoms with Crippen molar-refractivity contribution >= 4 is 17.3 Å². The lowest BCUT2D eigenvalue weighted by Gasteiger charge is -1.98. The van der Waals surface area contributed by atoms with E-state index in [4.69, 9.17) is 5.73 Å². The SMILES string of the molecule is Cc1nc(N)n(Cc2ccc(-c3noc(C(F)(F)F)n3)s2)n1. The number of hydrogen-bond acceptors (Lipinski definition) is 7. The maximum atomic E-state index is 12.4. The van der Waals surface area contributed by atoms with Gasteiger partial charge in [0.05, 0.1) is 11.4 Å². The minimum atomic E-state index is -4.65. The fourth-order valence-corrected chi connectivity index (χ4v) is 2.67. The van der Waals surface area contributed by atoms with Crippen LogP contribution in [0, 0.1) is 6.92 Å². The Balaban J connectivity index is 1.82. The van der Waals surface area contributed by atoms with Crippen LogP contribution in [0.2, 0.25) is 0 Å². The lowest BCUT2D eigenvalue weighted by Crippen LogP contribution is -2.05. The number of halogens is 3. The number of rotatable bonds is 3. The molecule has 0 aliphatic heterocycles. The maximum absolute atomic E-state index is 12.4. The molecular weight excluding hydrogens is 321 g/mol. The number of nitrogen functional groups attached to an aromatic ring is 1. The van der Waals surface area contributed by atoms with Crippen molar-refractivity contribution in [2.24, 2.45) is 0 Å². The molecule has 0 aliphatic rings. The Morgan fingerprint density at radius 2 is 2.09 bits per heavy atom. The molecule has 116 valence electrons. The highest BCUT2D eigenvalue weighted by Gasteiger charge is 2.38. The van der Waals surface area contributed by atoms with Gasteiger partial charge in [-0.25, -0.2) is 4.68 Å². The Hall–Kier alpha value is -2.43. The summed E-state index contributed by atoms with van der Waals surface area (Å²) < 4.78 is 43.0. The van der Waals surface area contributed by atoms with Gasteiger partial charge in [-0.05, 0) is 19.1 Å². The number of nitrogens with two attached hydrogens (primary N) is 1. The van der Waals surface area contributed by atoms with Crippen LogP contribution in [0.1, 0.15) is 16.6 Å². The summed E-state index contributed by atoms with van der Waals surface area (Å²) >= 11 is 1.23. The van der Waals surface area contributed by atoms with Crippen LogP contribution in [0.5, 0.6) is 0 Å². The van der Waals surface area contributed by atoms with Gasteiger partial charge < -0.3 is 10.3 Å². The third-order valence-corrected chi connectivity index (χ3v) is 3.73. The van der Waals surface area contributed by atoms with E-state index >= 15 is 0 Å². The molecule has 0 aliphatic carbocycles. The molecule has 0 spiro atoms. The summed E-state index contributed by atoms with van der Waals surface area (Å²) in [5.74, 6) is -0.659. The first-order valence-electron chi connectivity index (χ1n) is 6.00. The van der Waals surface area contributed by atoms with Crippen LogP contribution in [0.15, 0.2) is 16.7 Å². The zero-order chi connectivity index (χ0) is 15.9. The number of anilines is 1. The topological polar surface area (TPSA) is 95.7 Å². The molecule has 7 nitrogen and oxygen atoms in total. The van der Waals surface area contributed by atoms with E-state index in [0.717, 1.165) is 4.88 Å². The van der Waals surface area contributed by atoms with Gasteiger partial charge in [-0.15, -0.1) is 11.3 Å². The van der Waals surface area contributed by atoms with Gasteiger partial charge in [-0.2, -0.15) is 28.2 Å². The van der Waals surface area contributed by atoms with Crippen LogP contribution >= 0.6 is 11.3 Å². The highest BCUT2D eigenvalue weighted by atomic mass is 32.1. The van der Waals surface area contributed by atoms with E-state index in [-0.39, 0.29) is 11.8 Å². The Labute approximate surface area is 125 Å². The van der Waals surface area contributed by atoms with Crippen LogP contribution in [-0.4, -0.2) is 24.9 Å². The van der Waals surface area contributed by atoms with E-state index in [1.165, 1.54) is 16.0 Å². The Morgan fingerprint density at radius 1 is 1.32 bits per heavy atom. The van der Waals surface area contributed by atoms with Crippen LogP contribution in [0.25, 0.3) is 10.7 Å². The Bertz CT molecular complexity index is 805. The number of aromatic nitrogens is 5. The number of alkyl halides is 3. The molecule has 11 heteroatoms. The zero-order valence-corrected chi connectivity index (χ0v) is 11.9.